The molecule has 1 aliphatic rings. The van der Waals surface area contributed by atoms with E-state index in [1.54, 1.807) is 0 Å². The van der Waals surface area contributed by atoms with Crippen molar-refractivity contribution in [2.45, 2.75) is 32.3 Å². The molecule has 1 saturated heterocycles. The predicted molar refractivity (Wildman–Crippen MR) is 42.3 cm³/mol. The monoisotopic (exact) mass is 185 g/mol. The summed E-state index contributed by atoms with van der Waals surface area (Å²) >= 11 is 0. The lowest BCUT2D eigenvalue weighted by Gasteiger charge is -2.23. The molecule has 5 nitrogen and oxygen atoms in total. The van der Waals surface area contributed by atoms with Crippen LogP contribution in [0.25, 0.3) is 0 Å². The summed E-state index contributed by atoms with van der Waals surface area (Å²) in [5, 5.41) is 0.675. The van der Waals surface area contributed by atoms with Gasteiger partial charge in [0.2, 0.25) is 0 Å². The fraction of sp³-hybridized carbons (Fsp3) is 0.625. The van der Waals surface area contributed by atoms with Gasteiger partial charge in [-0.2, -0.15) is 5.06 Å². The number of carbonyl (C=O) groups is 3. The SMILES string of the molecule is CC(C)(C=O)ON1C(=O)CCC1=O. The molecule has 1 fully saturated rings. The van der Waals surface area contributed by atoms with Gasteiger partial charge in [-0.1, -0.05) is 0 Å². The van der Waals surface area contributed by atoms with Crippen LogP contribution in [0.15, 0.2) is 0 Å². The third-order valence-electron chi connectivity index (χ3n) is 1.62. The molecule has 0 bridgehead atoms. The second-order valence-electron chi connectivity index (χ2n) is 3.39. The summed E-state index contributed by atoms with van der Waals surface area (Å²) in [6.45, 7) is 2.97. The van der Waals surface area contributed by atoms with Gasteiger partial charge in [0.1, 0.15) is 5.60 Å². The van der Waals surface area contributed by atoms with Gasteiger partial charge >= 0.3 is 0 Å². The van der Waals surface area contributed by atoms with E-state index >= 15 is 0 Å². The first-order valence-electron chi connectivity index (χ1n) is 3.97. The van der Waals surface area contributed by atoms with E-state index in [1.165, 1.54) is 13.8 Å². The molecule has 0 spiro atoms. The number of hydrogen-bond acceptors (Lipinski definition) is 4. The fourth-order valence-corrected chi connectivity index (χ4v) is 0.915. The van der Waals surface area contributed by atoms with Crippen molar-refractivity contribution in [2.75, 3.05) is 0 Å². The van der Waals surface area contributed by atoms with Crippen molar-refractivity contribution in [3.05, 3.63) is 0 Å². The number of hydroxylamine groups is 2. The maximum atomic E-state index is 11.0. The Morgan fingerprint density at radius 2 is 1.77 bits per heavy atom. The van der Waals surface area contributed by atoms with Gasteiger partial charge in [0, 0.05) is 12.8 Å². The number of aldehydes is 1. The highest BCUT2D eigenvalue weighted by Gasteiger charge is 2.35. The van der Waals surface area contributed by atoms with Crippen molar-refractivity contribution in [1.82, 2.24) is 5.06 Å². The van der Waals surface area contributed by atoms with E-state index in [0.717, 1.165) is 0 Å². The molecule has 0 aromatic rings. The van der Waals surface area contributed by atoms with Crippen LogP contribution in [-0.2, 0) is 19.2 Å². The first kappa shape index (κ1) is 9.85. The quantitative estimate of drug-likeness (QED) is 0.460. The van der Waals surface area contributed by atoms with Crippen LogP contribution in [0.5, 0.6) is 0 Å². The van der Waals surface area contributed by atoms with Crippen molar-refractivity contribution in [3.8, 4) is 0 Å². The Labute approximate surface area is 75.6 Å². The molecular weight excluding hydrogens is 174 g/mol. The molecule has 1 aliphatic heterocycles. The average molecular weight is 185 g/mol. The van der Waals surface area contributed by atoms with E-state index in [4.69, 9.17) is 4.84 Å². The number of amides is 2. The van der Waals surface area contributed by atoms with Crippen LogP contribution >= 0.6 is 0 Å². The van der Waals surface area contributed by atoms with E-state index < -0.39 is 5.60 Å². The maximum absolute atomic E-state index is 11.0. The molecule has 1 heterocycles. The van der Waals surface area contributed by atoms with Crippen molar-refractivity contribution < 1.29 is 19.2 Å². The Hall–Kier alpha value is -1.23. The third-order valence-corrected chi connectivity index (χ3v) is 1.62. The number of imide groups is 1. The van der Waals surface area contributed by atoms with Crippen LogP contribution in [0, 0.1) is 0 Å². The molecule has 2 amide bonds. The van der Waals surface area contributed by atoms with E-state index in [1.807, 2.05) is 0 Å². The molecule has 0 aromatic carbocycles. The molecule has 72 valence electrons. The zero-order chi connectivity index (χ0) is 10.1. The maximum Gasteiger partial charge on any atom is 0.254 e. The molecule has 0 unspecified atom stereocenters. The molecule has 1 rings (SSSR count). The van der Waals surface area contributed by atoms with E-state index in [-0.39, 0.29) is 24.7 Å². The van der Waals surface area contributed by atoms with Crippen LogP contribution in [0.2, 0.25) is 0 Å². The van der Waals surface area contributed by atoms with E-state index in [0.29, 0.717) is 11.3 Å². The molecule has 0 aliphatic carbocycles. The normalized spacial score (nSPS) is 18.2. The second kappa shape index (κ2) is 3.26. The highest BCUT2D eigenvalue weighted by atomic mass is 16.7. The van der Waals surface area contributed by atoms with Crippen LogP contribution in [0.4, 0.5) is 0 Å². The Kier molecular flexibility index (Phi) is 2.47. The summed E-state index contributed by atoms with van der Waals surface area (Å²) in [4.78, 5) is 37.5. The van der Waals surface area contributed by atoms with Crippen molar-refractivity contribution in [1.29, 1.82) is 0 Å². The van der Waals surface area contributed by atoms with Gasteiger partial charge in [0.25, 0.3) is 11.8 Å². The van der Waals surface area contributed by atoms with Gasteiger partial charge in [-0.15, -0.1) is 0 Å². The van der Waals surface area contributed by atoms with Crippen molar-refractivity contribution >= 4 is 18.1 Å². The van der Waals surface area contributed by atoms with Crippen molar-refractivity contribution in [2.24, 2.45) is 0 Å². The molecule has 13 heavy (non-hydrogen) atoms. The summed E-state index contributed by atoms with van der Waals surface area (Å²) in [6, 6.07) is 0. The minimum absolute atomic E-state index is 0.160. The zero-order valence-corrected chi connectivity index (χ0v) is 7.57. The number of nitrogens with zero attached hydrogens (tertiary/aromatic N) is 1. The van der Waals surface area contributed by atoms with Gasteiger partial charge in [0.05, 0.1) is 0 Å². The highest BCUT2D eigenvalue weighted by Crippen LogP contribution is 2.17. The van der Waals surface area contributed by atoms with Gasteiger partial charge in [-0.25, -0.2) is 4.84 Å². The standard InChI is InChI=1S/C8H11NO4/c1-8(2,5-10)13-9-6(11)3-4-7(9)12/h5H,3-4H2,1-2H3. The summed E-state index contributed by atoms with van der Waals surface area (Å²) in [5.41, 5.74) is -1.13. The van der Waals surface area contributed by atoms with Gasteiger partial charge < -0.3 is 4.79 Å². The minimum Gasteiger partial charge on any atom is -0.300 e. The van der Waals surface area contributed by atoms with Crippen LogP contribution in [0.3, 0.4) is 0 Å². The van der Waals surface area contributed by atoms with Crippen LogP contribution < -0.4 is 0 Å². The molecule has 0 radical (unpaired) electrons. The topological polar surface area (TPSA) is 63.7 Å². The summed E-state index contributed by atoms with van der Waals surface area (Å²) in [6.07, 6.45) is 0.868. The smallest absolute Gasteiger partial charge is 0.254 e. The molecule has 5 heteroatoms. The summed E-state index contributed by atoms with van der Waals surface area (Å²) < 4.78 is 0. The first-order valence-corrected chi connectivity index (χ1v) is 3.97. The van der Waals surface area contributed by atoms with Crippen LogP contribution in [-0.4, -0.2) is 28.8 Å². The lowest BCUT2D eigenvalue weighted by molar-refractivity contribution is -0.216. The summed E-state index contributed by atoms with van der Waals surface area (Å²) in [5.74, 6) is -0.778. The van der Waals surface area contributed by atoms with E-state index in [9.17, 15) is 14.4 Å². The number of hydrogen-bond donors (Lipinski definition) is 0. The molecule has 0 N–H and O–H groups in total. The van der Waals surface area contributed by atoms with E-state index in [2.05, 4.69) is 0 Å². The Bertz CT molecular complexity index is 243. The third kappa shape index (κ3) is 2.12. The fourth-order valence-electron chi connectivity index (χ4n) is 0.915. The van der Waals surface area contributed by atoms with Gasteiger partial charge in [0.15, 0.2) is 6.29 Å². The largest absolute Gasteiger partial charge is 0.300 e. The lowest BCUT2D eigenvalue weighted by atomic mass is 10.2. The molecule has 0 aromatic heterocycles. The molecule has 0 atom stereocenters. The molecular formula is C8H11NO4. The lowest BCUT2D eigenvalue weighted by Crippen LogP contribution is -2.40. The van der Waals surface area contributed by atoms with Crippen LogP contribution in [0.1, 0.15) is 26.7 Å². The van der Waals surface area contributed by atoms with Gasteiger partial charge in [-0.3, -0.25) is 9.59 Å². The Morgan fingerprint density at radius 3 is 2.15 bits per heavy atom. The zero-order valence-electron chi connectivity index (χ0n) is 7.57. The van der Waals surface area contributed by atoms with Gasteiger partial charge in [-0.05, 0) is 13.8 Å². The molecule has 0 saturated carbocycles. The Morgan fingerprint density at radius 1 is 1.31 bits per heavy atom. The summed E-state index contributed by atoms with van der Waals surface area (Å²) in [7, 11) is 0. The first-order chi connectivity index (χ1) is 5.96. The minimum atomic E-state index is -1.13. The highest BCUT2D eigenvalue weighted by molar-refractivity contribution is 6.00. The number of carbonyl (C=O) groups excluding carboxylic acids is 3. The number of rotatable bonds is 3. The van der Waals surface area contributed by atoms with Crippen molar-refractivity contribution in [3.63, 3.8) is 0 Å². The second-order valence-corrected chi connectivity index (χ2v) is 3.39. The average Bonchev–Trinajstić information content (AvgIpc) is 2.36. The Balaban J connectivity index is 2.67. The predicted octanol–water partition coefficient (Wildman–Crippen LogP) is 0.0445.